The number of aliphatic carboxylic acids is 1. The molecule has 0 saturated carbocycles. The molecule has 5 nitrogen and oxygen atoms in total. The number of para-hydroxylation sites is 1. The molecule has 1 amide bonds. The smallest absolute Gasteiger partial charge is 0.326 e. The normalized spacial score (nSPS) is 12.1. The van der Waals surface area contributed by atoms with E-state index < -0.39 is 12.0 Å². The van der Waals surface area contributed by atoms with Crippen molar-refractivity contribution in [2.45, 2.75) is 38.8 Å². The van der Waals surface area contributed by atoms with Gasteiger partial charge in [-0.25, -0.2) is 4.79 Å². The Balaban J connectivity index is 1.90. The van der Waals surface area contributed by atoms with Gasteiger partial charge in [-0.15, -0.1) is 0 Å². The van der Waals surface area contributed by atoms with Crippen LogP contribution >= 0.6 is 11.6 Å². The van der Waals surface area contributed by atoms with E-state index in [2.05, 4.69) is 5.32 Å². The maximum atomic E-state index is 12.9. The van der Waals surface area contributed by atoms with E-state index in [-0.39, 0.29) is 5.91 Å². The molecule has 3 rings (SSSR count). The summed E-state index contributed by atoms with van der Waals surface area (Å²) in [5.74, 6) is -1.38. The van der Waals surface area contributed by atoms with Crippen LogP contribution in [0.2, 0.25) is 5.02 Å². The van der Waals surface area contributed by atoms with Crippen LogP contribution in [-0.4, -0.2) is 27.6 Å². The summed E-state index contributed by atoms with van der Waals surface area (Å²) < 4.78 is 2.00. The highest BCUT2D eigenvalue weighted by atomic mass is 35.5. The van der Waals surface area contributed by atoms with Gasteiger partial charge in [0.1, 0.15) is 6.04 Å². The summed E-state index contributed by atoms with van der Waals surface area (Å²) in [7, 11) is 0. The van der Waals surface area contributed by atoms with Crippen LogP contribution in [0.1, 0.15) is 42.1 Å². The number of amides is 1. The lowest BCUT2D eigenvalue weighted by atomic mass is 10.1. The third kappa shape index (κ3) is 4.54. The summed E-state index contributed by atoms with van der Waals surface area (Å²) in [6.07, 6.45) is 3.97. The van der Waals surface area contributed by atoms with Gasteiger partial charge in [-0.05, 0) is 36.2 Å². The Labute approximate surface area is 168 Å². The number of carbonyl (C=O) groups is 2. The lowest BCUT2D eigenvalue weighted by Gasteiger charge is -2.15. The van der Waals surface area contributed by atoms with Gasteiger partial charge in [0.15, 0.2) is 0 Å². The van der Waals surface area contributed by atoms with Crippen molar-refractivity contribution in [2.75, 3.05) is 0 Å². The van der Waals surface area contributed by atoms with Crippen LogP contribution in [0.15, 0.2) is 54.7 Å². The second-order valence-electron chi connectivity index (χ2n) is 6.82. The first-order valence-electron chi connectivity index (χ1n) is 9.35. The molecule has 2 N–H and O–H groups in total. The van der Waals surface area contributed by atoms with Gasteiger partial charge in [0, 0.05) is 23.2 Å². The van der Waals surface area contributed by atoms with E-state index in [1.54, 1.807) is 6.07 Å². The second-order valence-corrected chi connectivity index (χ2v) is 7.26. The summed E-state index contributed by atoms with van der Waals surface area (Å²) >= 11 is 5.96. The zero-order chi connectivity index (χ0) is 20.1. The quantitative estimate of drug-likeness (QED) is 0.576. The van der Waals surface area contributed by atoms with Crippen LogP contribution in [0.5, 0.6) is 0 Å². The van der Waals surface area contributed by atoms with Gasteiger partial charge in [-0.1, -0.05) is 55.6 Å². The highest BCUT2D eigenvalue weighted by Gasteiger charge is 2.22. The molecule has 1 heterocycles. The van der Waals surface area contributed by atoms with Gasteiger partial charge >= 0.3 is 5.97 Å². The maximum Gasteiger partial charge on any atom is 0.326 e. The molecule has 0 bridgehead atoms. The number of unbranched alkanes of at least 4 members (excludes halogenated alkanes) is 1. The molecule has 1 unspecified atom stereocenters. The van der Waals surface area contributed by atoms with Gasteiger partial charge in [0.2, 0.25) is 0 Å². The first-order chi connectivity index (χ1) is 13.5. The van der Waals surface area contributed by atoms with Crippen LogP contribution in [0.25, 0.3) is 10.9 Å². The average molecular weight is 399 g/mol. The number of carbonyl (C=O) groups excluding carboxylic acids is 1. The fraction of sp³-hybridized carbons (Fsp3) is 0.273. The first kappa shape index (κ1) is 20.0. The van der Waals surface area contributed by atoms with Crippen molar-refractivity contribution in [1.29, 1.82) is 0 Å². The van der Waals surface area contributed by atoms with E-state index >= 15 is 0 Å². The largest absolute Gasteiger partial charge is 0.480 e. The molecule has 146 valence electrons. The third-order valence-electron chi connectivity index (χ3n) is 4.75. The number of rotatable bonds is 8. The molecule has 0 aliphatic rings. The van der Waals surface area contributed by atoms with E-state index in [1.165, 1.54) is 0 Å². The molecule has 28 heavy (non-hydrogen) atoms. The SMILES string of the molecule is CCCCC(NC(=O)c1cccc2ccn(Cc3ccc(Cl)cc3)c12)C(=O)O. The molecule has 6 heteroatoms. The summed E-state index contributed by atoms with van der Waals surface area (Å²) in [5.41, 5.74) is 2.32. The van der Waals surface area contributed by atoms with E-state index in [9.17, 15) is 14.7 Å². The minimum Gasteiger partial charge on any atom is -0.480 e. The zero-order valence-electron chi connectivity index (χ0n) is 15.7. The van der Waals surface area contributed by atoms with E-state index in [4.69, 9.17) is 11.6 Å². The van der Waals surface area contributed by atoms with Gasteiger partial charge in [-0.2, -0.15) is 0 Å². The van der Waals surface area contributed by atoms with Crippen molar-refractivity contribution >= 4 is 34.4 Å². The van der Waals surface area contributed by atoms with E-state index in [1.807, 2.05) is 60.2 Å². The predicted molar refractivity (Wildman–Crippen MR) is 111 cm³/mol. The Morgan fingerprint density at radius 3 is 2.57 bits per heavy atom. The van der Waals surface area contributed by atoms with Gasteiger partial charge < -0.3 is 15.0 Å². The monoisotopic (exact) mass is 398 g/mol. The molecule has 0 spiro atoms. The number of hydrogen-bond donors (Lipinski definition) is 2. The summed E-state index contributed by atoms with van der Waals surface area (Å²) in [6, 6.07) is 14.1. The Bertz CT molecular complexity index is 979. The second kappa shape index (κ2) is 8.93. The van der Waals surface area contributed by atoms with E-state index in [0.29, 0.717) is 23.6 Å². The lowest BCUT2D eigenvalue weighted by molar-refractivity contribution is -0.139. The Kier molecular flexibility index (Phi) is 6.37. The maximum absolute atomic E-state index is 12.9. The fourth-order valence-corrected chi connectivity index (χ4v) is 3.39. The van der Waals surface area contributed by atoms with Crippen LogP contribution in [0.4, 0.5) is 0 Å². The number of carboxylic acids is 1. The van der Waals surface area contributed by atoms with Crippen molar-refractivity contribution in [3.05, 3.63) is 70.9 Å². The lowest BCUT2D eigenvalue weighted by Crippen LogP contribution is -2.40. The summed E-state index contributed by atoms with van der Waals surface area (Å²) in [5, 5.41) is 13.7. The van der Waals surface area contributed by atoms with Crippen LogP contribution in [0, 0.1) is 0 Å². The Morgan fingerprint density at radius 2 is 1.89 bits per heavy atom. The van der Waals surface area contributed by atoms with Crippen LogP contribution < -0.4 is 5.32 Å². The van der Waals surface area contributed by atoms with Gasteiger partial charge in [0.05, 0.1) is 11.1 Å². The molecule has 3 aromatic rings. The predicted octanol–water partition coefficient (Wildman–Crippen LogP) is 4.72. The van der Waals surface area contributed by atoms with Crippen molar-refractivity contribution in [1.82, 2.24) is 9.88 Å². The summed E-state index contributed by atoms with van der Waals surface area (Å²) in [6.45, 7) is 2.58. The van der Waals surface area contributed by atoms with Crippen molar-refractivity contribution in [2.24, 2.45) is 0 Å². The topological polar surface area (TPSA) is 71.3 Å². The molecule has 0 aliphatic heterocycles. The number of fused-ring (bicyclic) bond motifs is 1. The number of benzene rings is 2. The zero-order valence-corrected chi connectivity index (χ0v) is 16.4. The highest BCUT2D eigenvalue weighted by Crippen LogP contribution is 2.22. The number of hydrogen-bond acceptors (Lipinski definition) is 2. The Hall–Kier alpha value is -2.79. The minimum atomic E-state index is -1.01. The first-order valence-corrected chi connectivity index (χ1v) is 9.73. The molecule has 2 aromatic carbocycles. The molecular weight excluding hydrogens is 376 g/mol. The van der Waals surface area contributed by atoms with Crippen LogP contribution in [0.3, 0.4) is 0 Å². The number of halogens is 1. The minimum absolute atomic E-state index is 0.370. The standard InChI is InChI=1S/C22H23ClN2O3/c1-2-3-7-19(22(27)28)24-21(26)18-6-4-5-16-12-13-25(20(16)18)14-15-8-10-17(23)11-9-15/h4-6,8-13,19H,2-3,7,14H2,1H3,(H,24,26)(H,27,28). The van der Waals surface area contributed by atoms with Gasteiger partial charge in [-0.3, -0.25) is 4.79 Å². The summed E-state index contributed by atoms with van der Waals surface area (Å²) in [4.78, 5) is 24.4. The molecule has 0 aliphatic carbocycles. The number of nitrogens with one attached hydrogen (secondary N) is 1. The number of nitrogens with zero attached hydrogens (tertiary/aromatic N) is 1. The molecule has 0 saturated heterocycles. The molecule has 0 radical (unpaired) electrons. The Morgan fingerprint density at radius 1 is 1.14 bits per heavy atom. The molecule has 0 fully saturated rings. The molecular formula is C22H23ClN2O3. The van der Waals surface area contributed by atoms with Crippen molar-refractivity contribution in [3.63, 3.8) is 0 Å². The number of carboxylic acid groups (broad SMARTS) is 1. The number of aromatic nitrogens is 1. The van der Waals surface area contributed by atoms with E-state index in [0.717, 1.165) is 29.3 Å². The third-order valence-corrected chi connectivity index (χ3v) is 5.00. The van der Waals surface area contributed by atoms with Crippen LogP contribution in [-0.2, 0) is 11.3 Å². The fourth-order valence-electron chi connectivity index (χ4n) is 3.26. The molecule has 1 atom stereocenters. The van der Waals surface area contributed by atoms with Gasteiger partial charge in [0.25, 0.3) is 5.91 Å². The highest BCUT2D eigenvalue weighted by molar-refractivity contribution is 6.30. The average Bonchev–Trinajstić information content (AvgIpc) is 3.09. The van der Waals surface area contributed by atoms with Crippen molar-refractivity contribution < 1.29 is 14.7 Å². The van der Waals surface area contributed by atoms with Crippen molar-refractivity contribution in [3.8, 4) is 0 Å². The molecule has 1 aromatic heterocycles.